The first-order valence-corrected chi connectivity index (χ1v) is 10.5. The molecule has 1 aromatic heterocycles. The van der Waals surface area contributed by atoms with Gasteiger partial charge in [0.15, 0.2) is 0 Å². The van der Waals surface area contributed by atoms with Crippen LogP contribution in [0.15, 0.2) is 36.5 Å². The number of aromatic nitrogens is 2. The van der Waals surface area contributed by atoms with Crippen molar-refractivity contribution in [3.05, 3.63) is 47.8 Å². The highest BCUT2D eigenvalue weighted by atomic mass is 16.6. The Morgan fingerprint density at radius 1 is 1.13 bits per heavy atom. The van der Waals surface area contributed by atoms with Crippen molar-refractivity contribution >= 4 is 6.09 Å². The van der Waals surface area contributed by atoms with Crippen LogP contribution in [0.4, 0.5) is 4.79 Å². The van der Waals surface area contributed by atoms with Crippen molar-refractivity contribution in [3.8, 4) is 5.75 Å². The second-order valence-electron chi connectivity index (χ2n) is 9.14. The van der Waals surface area contributed by atoms with Gasteiger partial charge in [-0.1, -0.05) is 12.1 Å². The molecule has 2 aromatic rings. The van der Waals surface area contributed by atoms with Crippen molar-refractivity contribution < 1.29 is 19.4 Å². The van der Waals surface area contributed by atoms with Crippen LogP contribution in [-0.2, 0) is 16.9 Å². The molecular formula is C23H33N3O4. The molecular weight excluding hydrogens is 382 g/mol. The Kier molecular flexibility index (Phi) is 6.41. The maximum atomic E-state index is 12.3. The maximum Gasteiger partial charge on any atom is 0.410 e. The standard InChI is InChI=1S/C23H33N3O4/c1-22(2,3)30-21(27)25-13-10-18(11-14-25)23(4,28)20-12-15-26(24-20)16-17-6-8-19(29-5)9-7-17/h6-9,12,15,18,28H,10-11,13-14,16H2,1-5H3. The minimum absolute atomic E-state index is 0.0283. The van der Waals surface area contributed by atoms with Crippen LogP contribution in [-0.4, -0.2) is 51.7 Å². The lowest BCUT2D eigenvalue weighted by Gasteiger charge is -2.39. The summed E-state index contributed by atoms with van der Waals surface area (Å²) in [5.41, 5.74) is 0.212. The average Bonchev–Trinajstić information content (AvgIpc) is 3.17. The Balaban J connectivity index is 1.60. The first-order valence-electron chi connectivity index (χ1n) is 10.5. The van der Waals surface area contributed by atoms with E-state index in [9.17, 15) is 9.90 Å². The van der Waals surface area contributed by atoms with Crippen LogP contribution >= 0.6 is 0 Å². The van der Waals surface area contributed by atoms with Gasteiger partial charge in [0.1, 0.15) is 17.0 Å². The molecule has 0 spiro atoms. The molecule has 0 aliphatic carbocycles. The summed E-state index contributed by atoms with van der Waals surface area (Å²) in [6.07, 6.45) is 3.02. The quantitative estimate of drug-likeness (QED) is 0.804. The van der Waals surface area contributed by atoms with Crippen molar-refractivity contribution in [1.29, 1.82) is 0 Å². The number of hydrogen-bond donors (Lipinski definition) is 1. The first-order chi connectivity index (χ1) is 14.1. The summed E-state index contributed by atoms with van der Waals surface area (Å²) in [7, 11) is 1.65. The number of nitrogens with zero attached hydrogens (tertiary/aromatic N) is 3. The third kappa shape index (κ3) is 5.33. The van der Waals surface area contributed by atoms with Crippen molar-refractivity contribution in [2.75, 3.05) is 20.2 Å². The fourth-order valence-corrected chi connectivity index (χ4v) is 3.80. The van der Waals surface area contributed by atoms with Crippen LogP contribution < -0.4 is 4.74 Å². The van der Waals surface area contributed by atoms with Gasteiger partial charge in [0, 0.05) is 19.3 Å². The van der Waals surface area contributed by atoms with Gasteiger partial charge in [-0.15, -0.1) is 0 Å². The second-order valence-corrected chi connectivity index (χ2v) is 9.14. The number of methoxy groups -OCH3 is 1. The van der Waals surface area contributed by atoms with Gasteiger partial charge in [0.2, 0.25) is 0 Å². The fraction of sp³-hybridized carbons (Fsp3) is 0.565. The van der Waals surface area contributed by atoms with Crippen LogP contribution in [0.3, 0.4) is 0 Å². The van der Waals surface area contributed by atoms with Crippen LogP contribution in [0.25, 0.3) is 0 Å². The number of ether oxygens (including phenoxy) is 2. The summed E-state index contributed by atoms with van der Waals surface area (Å²) >= 11 is 0. The number of carbonyl (C=O) groups is 1. The molecule has 1 atom stereocenters. The highest BCUT2D eigenvalue weighted by Crippen LogP contribution is 2.35. The number of benzene rings is 1. The Morgan fingerprint density at radius 3 is 2.33 bits per heavy atom. The van der Waals surface area contributed by atoms with Gasteiger partial charge in [0.25, 0.3) is 0 Å². The topological polar surface area (TPSA) is 76.8 Å². The van der Waals surface area contributed by atoms with Crippen LogP contribution in [0, 0.1) is 5.92 Å². The van der Waals surface area contributed by atoms with E-state index in [1.165, 1.54) is 0 Å². The predicted molar refractivity (Wildman–Crippen MR) is 114 cm³/mol. The van der Waals surface area contributed by atoms with E-state index in [1.807, 2.05) is 68.9 Å². The van der Waals surface area contributed by atoms with Crippen LogP contribution in [0.2, 0.25) is 0 Å². The fourth-order valence-electron chi connectivity index (χ4n) is 3.80. The summed E-state index contributed by atoms with van der Waals surface area (Å²) < 4.78 is 12.5. The molecule has 0 radical (unpaired) electrons. The summed E-state index contributed by atoms with van der Waals surface area (Å²) in [4.78, 5) is 14.0. The molecule has 2 heterocycles. The van der Waals surface area contributed by atoms with Gasteiger partial charge < -0.3 is 19.5 Å². The third-order valence-electron chi connectivity index (χ3n) is 5.60. The lowest BCUT2D eigenvalue weighted by atomic mass is 9.80. The molecule has 1 aromatic carbocycles. The van der Waals surface area contributed by atoms with E-state index >= 15 is 0 Å². The molecule has 0 saturated carbocycles. The van der Waals surface area contributed by atoms with Crippen molar-refractivity contribution in [2.24, 2.45) is 5.92 Å². The molecule has 1 saturated heterocycles. The smallest absolute Gasteiger partial charge is 0.410 e. The van der Waals surface area contributed by atoms with E-state index in [1.54, 1.807) is 12.0 Å². The van der Waals surface area contributed by atoms with E-state index in [0.29, 0.717) is 38.2 Å². The number of piperidine rings is 1. The average molecular weight is 416 g/mol. The van der Waals surface area contributed by atoms with Crippen LogP contribution in [0.5, 0.6) is 5.75 Å². The molecule has 3 rings (SSSR count). The molecule has 1 fully saturated rings. The zero-order chi connectivity index (χ0) is 21.9. The lowest BCUT2D eigenvalue weighted by molar-refractivity contribution is -0.0415. The number of aliphatic hydroxyl groups is 1. The summed E-state index contributed by atoms with van der Waals surface area (Å²) in [5, 5.41) is 15.9. The molecule has 1 amide bonds. The molecule has 1 aliphatic rings. The van der Waals surface area contributed by atoms with Crippen molar-refractivity contribution in [3.63, 3.8) is 0 Å². The predicted octanol–water partition coefficient (Wildman–Crippen LogP) is 3.79. The SMILES string of the molecule is COc1ccc(Cn2ccc(C(C)(O)C3CCN(C(=O)OC(C)(C)C)CC3)n2)cc1. The van der Waals surface area contributed by atoms with E-state index in [-0.39, 0.29) is 12.0 Å². The number of hydrogen-bond acceptors (Lipinski definition) is 5. The summed E-state index contributed by atoms with van der Waals surface area (Å²) in [6.45, 7) is 9.18. The minimum Gasteiger partial charge on any atom is -0.497 e. The van der Waals surface area contributed by atoms with Crippen molar-refractivity contribution in [2.45, 2.75) is 58.3 Å². The van der Waals surface area contributed by atoms with Gasteiger partial charge in [-0.05, 0) is 70.2 Å². The molecule has 0 bridgehead atoms. The van der Waals surface area contributed by atoms with Gasteiger partial charge in [-0.3, -0.25) is 4.68 Å². The van der Waals surface area contributed by atoms with E-state index in [4.69, 9.17) is 9.47 Å². The van der Waals surface area contributed by atoms with E-state index in [2.05, 4.69) is 5.10 Å². The minimum atomic E-state index is -1.05. The second kappa shape index (κ2) is 8.68. The van der Waals surface area contributed by atoms with Gasteiger partial charge >= 0.3 is 6.09 Å². The number of carbonyl (C=O) groups excluding carboxylic acids is 1. The zero-order valence-corrected chi connectivity index (χ0v) is 18.6. The number of rotatable bonds is 5. The molecule has 1 unspecified atom stereocenters. The Hall–Kier alpha value is -2.54. The highest BCUT2D eigenvalue weighted by Gasteiger charge is 2.39. The maximum absolute atomic E-state index is 12.3. The molecule has 7 heteroatoms. The largest absolute Gasteiger partial charge is 0.497 e. The molecule has 7 nitrogen and oxygen atoms in total. The molecule has 164 valence electrons. The Bertz CT molecular complexity index is 844. The Morgan fingerprint density at radius 2 is 1.77 bits per heavy atom. The van der Waals surface area contributed by atoms with E-state index < -0.39 is 11.2 Å². The van der Waals surface area contributed by atoms with Gasteiger partial charge in [-0.2, -0.15) is 5.10 Å². The lowest BCUT2D eigenvalue weighted by Crippen LogP contribution is -2.46. The summed E-state index contributed by atoms with van der Waals surface area (Å²) in [6, 6.07) is 9.74. The monoisotopic (exact) mass is 415 g/mol. The molecule has 1 N–H and O–H groups in total. The third-order valence-corrected chi connectivity index (χ3v) is 5.60. The first kappa shape index (κ1) is 22.2. The normalized spacial score (nSPS) is 17.5. The number of likely N-dealkylation sites (tertiary alicyclic amines) is 1. The zero-order valence-electron chi connectivity index (χ0n) is 18.6. The summed E-state index contributed by atoms with van der Waals surface area (Å²) in [5.74, 6) is 0.848. The van der Waals surface area contributed by atoms with Crippen LogP contribution in [0.1, 0.15) is 51.8 Å². The van der Waals surface area contributed by atoms with Crippen molar-refractivity contribution in [1.82, 2.24) is 14.7 Å². The van der Waals surface area contributed by atoms with Gasteiger partial charge in [-0.25, -0.2) is 4.79 Å². The highest BCUT2D eigenvalue weighted by molar-refractivity contribution is 5.68. The number of amides is 1. The molecule has 1 aliphatic heterocycles. The van der Waals surface area contributed by atoms with E-state index in [0.717, 1.165) is 11.3 Å². The van der Waals surface area contributed by atoms with Gasteiger partial charge in [0.05, 0.1) is 19.3 Å². The molecule has 30 heavy (non-hydrogen) atoms. The Labute approximate surface area is 178 Å².